The van der Waals surface area contributed by atoms with E-state index >= 15 is 0 Å². The van der Waals surface area contributed by atoms with Gasteiger partial charge in [-0.3, -0.25) is 4.98 Å². The van der Waals surface area contributed by atoms with Crippen molar-refractivity contribution in [3.05, 3.63) is 84.2 Å². The van der Waals surface area contributed by atoms with Gasteiger partial charge < -0.3 is 14.5 Å². The summed E-state index contributed by atoms with van der Waals surface area (Å²) in [5.41, 5.74) is 4.11. The van der Waals surface area contributed by atoms with E-state index in [0.717, 1.165) is 53.2 Å². The molecule has 0 aliphatic heterocycles. The molecule has 0 fully saturated rings. The van der Waals surface area contributed by atoms with Crippen molar-refractivity contribution in [2.45, 2.75) is 13.0 Å². The lowest BCUT2D eigenvalue weighted by atomic mass is 10.1. The second kappa shape index (κ2) is 8.06. The number of hydrogen-bond acceptors (Lipinski definition) is 4. The Morgan fingerprint density at radius 2 is 1.85 bits per heavy atom. The van der Waals surface area contributed by atoms with Gasteiger partial charge in [0.05, 0.1) is 7.11 Å². The molecule has 0 saturated carbocycles. The van der Waals surface area contributed by atoms with E-state index in [9.17, 15) is 0 Å². The van der Waals surface area contributed by atoms with Crippen molar-refractivity contribution in [1.29, 1.82) is 0 Å². The largest absolute Gasteiger partial charge is 0.493 e. The van der Waals surface area contributed by atoms with Crippen LogP contribution in [0.1, 0.15) is 11.3 Å². The average Bonchev–Trinajstić information content (AvgIpc) is 3.16. The van der Waals surface area contributed by atoms with Crippen LogP contribution >= 0.6 is 0 Å². The van der Waals surface area contributed by atoms with Crippen LogP contribution in [0.5, 0.6) is 5.75 Å². The van der Waals surface area contributed by atoms with Crippen LogP contribution in [-0.4, -0.2) is 18.6 Å². The summed E-state index contributed by atoms with van der Waals surface area (Å²) in [6.45, 7) is 1.64. The molecule has 136 valence electrons. The number of nitrogens with one attached hydrogen (secondary N) is 1. The molecule has 1 N–H and O–H groups in total. The molecule has 4 heteroatoms. The van der Waals surface area contributed by atoms with Crippen LogP contribution in [0.2, 0.25) is 0 Å². The summed E-state index contributed by atoms with van der Waals surface area (Å²) in [4.78, 5) is 4.35. The van der Waals surface area contributed by atoms with Gasteiger partial charge in [0, 0.05) is 42.4 Å². The van der Waals surface area contributed by atoms with E-state index in [2.05, 4.69) is 22.4 Å². The van der Waals surface area contributed by atoms with Crippen molar-refractivity contribution in [3.8, 4) is 17.1 Å². The third-order valence-corrected chi connectivity index (χ3v) is 4.53. The average molecular weight is 358 g/mol. The number of pyridine rings is 1. The molecule has 0 bridgehead atoms. The summed E-state index contributed by atoms with van der Waals surface area (Å²) in [5, 5.41) is 4.53. The maximum atomic E-state index is 6.06. The second-order valence-electron chi connectivity index (χ2n) is 6.44. The lowest BCUT2D eigenvalue weighted by Crippen LogP contribution is -2.17. The zero-order valence-electron chi connectivity index (χ0n) is 15.3. The zero-order valence-corrected chi connectivity index (χ0v) is 15.3. The Morgan fingerprint density at radius 3 is 2.63 bits per heavy atom. The zero-order chi connectivity index (χ0) is 18.5. The summed E-state index contributed by atoms with van der Waals surface area (Å²) in [6.07, 6.45) is 2.74. The van der Waals surface area contributed by atoms with Crippen molar-refractivity contribution in [2.75, 3.05) is 13.7 Å². The highest BCUT2D eigenvalue weighted by Gasteiger charge is 2.12. The van der Waals surface area contributed by atoms with Gasteiger partial charge in [-0.1, -0.05) is 36.4 Å². The first-order valence-electron chi connectivity index (χ1n) is 9.10. The van der Waals surface area contributed by atoms with Gasteiger partial charge in [-0.25, -0.2) is 0 Å². The molecule has 0 saturated heterocycles. The van der Waals surface area contributed by atoms with E-state index in [1.54, 1.807) is 7.11 Å². The Labute approximate surface area is 158 Å². The number of ether oxygens (including phenoxy) is 1. The number of methoxy groups -OCH3 is 1. The molecule has 2 aromatic heterocycles. The summed E-state index contributed by atoms with van der Waals surface area (Å²) < 4.78 is 11.6. The Hall–Kier alpha value is -3.11. The van der Waals surface area contributed by atoms with Crippen LogP contribution in [0.3, 0.4) is 0 Å². The van der Waals surface area contributed by atoms with E-state index in [4.69, 9.17) is 9.15 Å². The maximum Gasteiger partial charge on any atom is 0.176 e. The normalized spacial score (nSPS) is 11.0. The second-order valence-corrected chi connectivity index (χ2v) is 6.44. The Balaban J connectivity index is 1.50. The molecular formula is C23H22N2O2. The van der Waals surface area contributed by atoms with E-state index in [1.165, 1.54) is 5.56 Å². The SMILES string of the molecule is COc1cc(CNCCc2ccccn2)cc2cc(-c3ccccc3)oc12. The van der Waals surface area contributed by atoms with E-state index < -0.39 is 0 Å². The first-order chi connectivity index (χ1) is 13.3. The van der Waals surface area contributed by atoms with Crippen LogP contribution in [0.4, 0.5) is 0 Å². The van der Waals surface area contributed by atoms with Gasteiger partial charge in [0.15, 0.2) is 11.3 Å². The quantitative estimate of drug-likeness (QED) is 0.481. The molecule has 27 heavy (non-hydrogen) atoms. The molecular weight excluding hydrogens is 336 g/mol. The third-order valence-electron chi connectivity index (χ3n) is 4.53. The van der Waals surface area contributed by atoms with Crippen molar-refractivity contribution >= 4 is 11.0 Å². The molecule has 4 nitrogen and oxygen atoms in total. The molecule has 0 aliphatic rings. The molecule has 0 atom stereocenters. The molecule has 0 unspecified atom stereocenters. The van der Waals surface area contributed by atoms with Crippen LogP contribution in [-0.2, 0) is 13.0 Å². The lowest BCUT2D eigenvalue weighted by Gasteiger charge is -2.07. The van der Waals surface area contributed by atoms with Crippen LogP contribution < -0.4 is 10.1 Å². The minimum atomic E-state index is 0.760. The molecule has 2 aromatic carbocycles. The summed E-state index contributed by atoms with van der Waals surface area (Å²) >= 11 is 0. The third kappa shape index (κ3) is 4.01. The smallest absolute Gasteiger partial charge is 0.176 e. The van der Waals surface area contributed by atoms with Gasteiger partial charge in [0.2, 0.25) is 0 Å². The van der Waals surface area contributed by atoms with Gasteiger partial charge in [0.25, 0.3) is 0 Å². The molecule has 0 aliphatic carbocycles. The molecule has 0 radical (unpaired) electrons. The lowest BCUT2D eigenvalue weighted by molar-refractivity contribution is 0.410. The summed E-state index contributed by atoms with van der Waals surface area (Å²) in [5.74, 6) is 1.61. The Morgan fingerprint density at radius 1 is 1.00 bits per heavy atom. The number of nitrogens with zero attached hydrogens (tertiary/aromatic N) is 1. The van der Waals surface area contributed by atoms with E-state index in [-0.39, 0.29) is 0 Å². The number of fused-ring (bicyclic) bond motifs is 1. The fourth-order valence-electron chi connectivity index (χ4n) is 3.17. The maximum absolute atomic E-state index is 6.06. The molecule has 4 rings (SSSR count). The van der Waals surface area contributed by atoms with Gasteiger partial charge in [-0.15, -0.1) is 0 Å². The van der Waals surface area contributed by atoms with E-state index in [0.29, 0.717) is 0 Å². The van der Waals surface area contributed by atoms with Gasteiger partial charge in [-0.05, 0) is 35.9 Å². The Bertz CT molecular complexity index is 1010. The predicted molar refractivity (Wildman–Crippen MR) is 108 cm³/mol. The van der Waals surface area contributed by atoms with Crippen molar-refractivity contribution in [3.63, 3.8) is 0 Å². The number of rotatable bonds is 7. The molecule has 2 heterocycles. The van der Waals surface area contributed by atoms with Crippen molar-refractivity contribution in [1.82, 2.24) is 10.3 Å². The molecule has 4 aromatic rings. The number of aromatic nitrogens is 1. The highest BCUT2D eigenvalue weighted by atomic mass is 16.5. The first-order valence-corrected chi connectivity index (χ1v) is 9.10. The highest BCUT2D eigenvalue weighted by molar-refractivity contribution is 5.88. The Kier molecular flexibility index (Phi) is 5.17. The van der Waals surface area contributed by atoms with E-state index in [1.807, 2.05) is 60.8 Å². The van der Waals surface area contributed by atoms with Gasteiger partial charge in [-0.2, -0.15) is 0 Å². The topological polar surface area (TPSA) is 47.3 Å². The monoisotopic (exact) mass is 358 g/mol. The number of benzene rings is 2. The highest BCUT2D eigenvalue weighted by Crippen LogP contribution is 2.34. The van der Waals surface area contributed by atoms with Gasteiger partial charge >= 0.3 is 0 Å². The van der Waals surface area contributed by atoms with Crippen molar-refractivity contribution < 1.29 is 9.15 Å². The predicted octanol–water partition coefficient (Wildman–Crippen LogP) is 4.84. The van der Waals surface area contributed by atoms with Crippen LogP contribution in [0.15, 0.2) is 77.3 Å². The van der Waals surface area contributed by atoms with Gasteiger partial charge in [0.1, 0.15) is 5.76 Å². The summed E-state index contributed by atoms with van der Waals surface area (Å²) in [6, 6.07) is 22.4. The molecule has 0 amide bonds. The molecule has 0 spiro atoms. The summed E-state index contributed by atoms with van der Waals surface area (Å²) in [7, 11) is 1.68. The standard InChI is InChI=1S/C23H22N2O2/c1-26-22-14-17(16-24-12-10-20-9-5-6-11-25-20)13-19-15-21(27-23(19)22)18-7-3-2-4-8-18/h2-9,11,13-15,24H,10,12,16H2,1H3. The number of furan rings is 1. The fourth-order valence-corrected chi connectivity index (χ4v) is 3.17. The van der Waals surface area contributed by atoms with Crippen LogP contribution in [0, 0.1) is 0 Å². The number of hydrogen-bond donors (Lipinski definition) is 1. The first kappa shape index (κ1) is 17.3. The minimum absolute atomic E-state index is 0.760. The van der Waals surface area contributed by atoms with Crippen molar-refractivity contribution in [2.24, 2.45) is 0 Å². The fraction of sp³-hybridized carbons (Fsp3) is 0.174. The minimum Gasteiger partial charge on any atom is -0.493 e. The van der Waals surface area contributed by atoms with Crippen LogP contribution in [0.25, 0.3) is 22.3 Å².